The zero-order chi connectivity index (χ0) is 13.1. The Hall–Kier alpha value is -2.06. The standard InChI is InChI=1S/C17H16O2/c18-11-10-14-12-19-16-9-5-4-8-15(16)17(14)13-6-2-1-3-7-13/h1-9,18H,10-12H2. The van der Waals surface area contributed by atoms with E-state index < -0.39 is 0 Å². The van der Waals surface area contributed by atoms with Gasteiger partial charge in [0.15, 0.2) is 0 Å². The van der Waals surface area contributed by atoms with Crippen molar-refractivity contribution in [2.45, 2.75) is 6.42 Å². The topological polar surface area (TPSA) is 29.5 Å². The van der Waals surface area contributed by atoms with Gasteiger partial charge in [-0.05, 0) is 29.2 Å². The van der Waals surface area contributed by atoms with Crippen molar-refractivity contribution in [1.29, 1.82) is 0 Å². The molecule has 0 fully saturated rings. The molecule has 2 aromatic carbocycles. The molecule has 2 nitrogen and oxygen atoms in total. The maximum Gasteiger partial charge on any atom is 0.127 e. The number of hydrogen-bond acceptors (Lipinski definition) is 2. The molecule has 1 heterocycles. The van der Waals surface area contributed by atoms with E-state index in [4.69, 9.17) is 4.74 Å². The van der Waals surface area contributed by atoms with Crippen LogP contribution < -0.4 is 4.74 Å². The molecule has 0 aromatic heterocycles. The molecule has 0 atom stereocenters. The fourth-order valence-electron chi connectivity index (χ4n) is 2.52. The maximum atomic E-state index is 9.24. The minimum atomic E-state index is 0.150. The number of aliphatic hydroxyl groups is 1. The number of rotatable bonds is 3. The van der Waals surface area contributed by atoms with Crippen molar-refractivity contribution in [2.75, 3.05) is 13.2 Å². The fraction of sp³-hybridized carbons (Fsp3) is 0.176. The van der Waals surface area contributed by atoms with Crippen molar-refractivity contribution in [2.24, 2.45) is 0 Å². The molecule has 0 spiro atoms. The van der Waals surface area contributed by atoms with Crippen LogP contribution in [0.15, 0.2) is 60.2 Å². The van der Waals surface area contributed by atoms with Crippen LogP contribution >= 0.6 is 0 Å². The van der Waals surface area contributed by atoms with Crippen LogP contribution in [-0.4, -0.2) is 18.3 Å². The molecule has 1 aliphatic heterocycles. The molecule has 1 N–H and O–H groups in total. The van der Waals surface area contributed by atoms with Gasteiger partial charge in [0.05, 0.1) is 0 Å². The third-order valence-corrected chi connectivity index (χ3v) is 3.39. The van der Waals surface area contributed by atoms with Crippen molar-refractivity contribution in [1.82, 2.24) is 0 Å². The van der Waals surface area contributed by atoms with Crippen LogP contribution in [0.25, 0.3) is 5.57 Å². The van der Waals surface area contributed by atoms with Gasteiger partial charge in [0.2, 0.25) is 0 Å². The zero-order valence-electron chi connectivity index (χ0n) is 10.7. The molecular weight excluding hydrogens is 236 g/mol. The molecule has 0 bridgehead atoms. The highest BCUT2D eigenvalue weighted by molar-refractivity contribution is 5.86. The van der Waals surface area contributed by atoms with Gasteiger partial charge in [-0.2, -0.15) is 0 Å². The number of ether oxygens (including phenoxy) is 1. The number of para-hydroxylation sites is 1. The summed E-state index contributed by atoms with van der Waals surface area (Å²) in [6.07, 6.45) is 0.651. The third-order valence-electron chi connectivity index (χ3n) is 3.39. The van der Waals surface area contributed by atoms with Crippen molar-refractivity contribution in [3.63, 3.8) is 0 Å². The number of aliphatic hydroxyl groups excluding tert-OH is 1. The summed E-state index contributed by atoms with van der Waals surface area (Å²) in [4.78, 5) is 0. The van der Waals surface area contributed by atoms with E-state index in [0.717, 1.165) is 16.9 Å². The van der Waals surface area contributed by atoms with E-state index >= 15 is 0 Å². The lowest BCUT2D eigenvalue weighted by molar-refractivity contribution is 0.283. The molecule has 0 radical (unpaired) electrons. The van der Waals surface area contributed by atoms with Crippen LogP contribution in [0.1, 0.15) is 17.5 Å². The highest BCUT2D eigenvalue weighted by Crippen LogP contribution is 2.37. The summed E-state index contributed by atoms with van der Waals surface area (Å²) in [6, 6.07) is 18.4. The summed E-state index contributed by atoms with van der Waals surface area (Å²) < 4.78 is 5.77. The monoisotopic (exact) mass is 252 g/mol. The second-order valence-corrected chi connectivity index (χ2v) is 4.60. The molecule has 0 amide bonds. The highest BCUT2D eigenvalue weighted by Gasteiger charge is 2.20. The number of hydrogen-bond donors (Lipinski definition) is 1. The van der Waals surface area contributed by atoms with Crippen LogP contribution in [0.4, 0.5) is 0 Å². The van der Waals surface area contributed by atoms with Gasteiger partial charge in [0.1, 0.15) is 12.4 Å². The normalized spacial score (nSPS) is 13.9. The number of fused-ring (bicyclic) bond motifs is 1. The van der Waals surface area contributed by atoms with Gasteiger partial charge in [-0.3, -0.25) is 0 Å². The van der Waals surface area contributed by atoms with E-state index in [1.165, 1.54) is 11.1 Å². The van der Waals surface area contributed by atoms with Crippen LogP contribution in [0.3, 0.4) is 0 Å². The van der Waals surface area contributed by atoms with Crippen LogP contribution in [-0.2, 0) is 0 Å². The molecule has 1 aliphatic rings. The summed E-state index contributed by atoms with van der Waals surface area (Å²) in [7, 11) is 0. The van der Waals surface area contributed by atoms with Crippen molar-refractivity contribution in [3.05, 3.63) is 71.3 Å². The summed E-state index contributed by atoms with van der Waals surface area (Å²) >= 11 is 0. The molecule has 2 heteroatoms. The Bertz CT molecular complexity index is 600. The Morgan fingerprint density at radius 2 is 1.68 bits per heavy atom. The SMILES string of the molecule is OCCC1=C(c2ccccc2)c2ccccc2OC1. The predicted octanol–water partition coefficient (Wildman–Crippen LogP) is 3.26. The van der Waals surface area contributed by atoms with Gasteiger partial charge in [-0.1, -0.05) is 48.5 Å². The van der Waals surface area contributed by atoms with Gasteiger partial charge in [-0.25, -0.2) is 0 Å². The molecule has 2 aromatic rings. The van der Waals surface area contributed by atoms with E-state index in [1.807, 2.05) is 36.4 Å². The Kier molecular flexibility index (Phi) is 3.34. The Labute approximate surface area is 113 Å². The smallest absolute Gasteiger partial charge is 0.127 e. The largest absolute Gasteiger partial charge is 0.489 e. The van der Waals surface area contributed by atoms with E-state index in [9.17, 15) is 5.11 Å². The van der Waals surface area contributed by atoms with Crippen LogP contribution in [0.5, 0.6) is 5.75 Å². The fourth-order valence-corrected chi connectivity index (χ4v) is 2.52. The zero-order valence-corrected chi connectivity index (χ0v) is 10.7. The molecule has 0 aliphatic carbocycles. The van der Waals surface area contributed by atoms with Gasteiger partial charge in [-0.15, -0.1) is 0 Å². The first-order valence-corrected chi connectivity index (χ1v) is 6.50. The van der Waals surface area contributed by atoms with Crippen molar-refractivity contribution < 1.29 is 9.84 Å². The predicted molar refractivity (Wildman–Crippen MR) is 76.1 cm³/mol. The molecule has 0 saturated heterocycles. The molecule has 19 heavy (non-hydrogen) atoms. The molecule has 0 unspecified atom stereocenters. The third kappa shape index (κ3) is 2.27. The first-order chi connectivity index (χ1) is 9.40. The minimum Gasteiger partial charge on any atom is -0.489 e. The minimum absolute atomic E-state index is 0.150. The summed E-state index contributed by atoms with van der Waals surface area (Å²) in [5, 5.41) is 9.24. The Balaban J connectivity index is 2.18. The van der Waals surface area contributed by atoms with Gasteiger partial charge in [0.25, 0.3) is 0 Å². The second-order valence-electron chi connectivity index (χ2n) is 4.60. The highest BCUT2D eigenvalue weighted by atomic mass is 16.5. The number of benzene rings is 2. The molecule has 96 valence electrons. The van der Waals surface area contributed by atoms with Crippen LogP contribution in [0, 0.1) is 0 Å². The first-order valence-electron chi connectivity index (χ1n) is 6.50. The lowest BCUT2D eigenvalue weighted by Crippen LogP contribution is -2.13. The van der Waals surface area contributed by atoms with E-state index in [2.05, 4.69) is 18.2 Å². The summed E-state index contributed by atoms with van der Waals surface area (Å²) in [5.41, 5.74) is 4.66. The van der Waals surface area contributed by atoms with Crippen molar-refractivity contribution in [3.8, 4) is 5.75 Å². The van der Waals surface area contributed by atoms with Crippen molar-refractivity contribution >= 4 is 5.57 Å². The first kappa shape index (κ1) is 12.0. The van der Waals surface area contributed by atoms with E-state index in [0.29, 0.717) is 13.0 Å². The van der Waals surface area contributed by atoms with Gasteiger partial charge in [0, 0.05) is 12.2 Å². The van der Waals surface area contributed by atoms with Gasteiger partial charge < -0.3 is 9.84 Å². The van der Waals surface area contributed by atoms with E-state index in [1.54, 1.807) is 0 Å². The summed E-state index contributed by atoms with van der Waals surface area (Å²) in [6.45, 7) is 0.707. The average Bonchev–Trinajstić information content (AvgIpc) is 2.48. The lowest BCUT2D eigenvalue weighted by atomic mass is 9.90. The Morgan fingerprint density at radius 3 is 2.47 bits per heavy atom. The molecule has 3 rings (SSSR count). The maximum absolute atomic E-state index is 9.24. The quantitative estimate of drug-likeness (QED) is 0.908. The average molecular weight is 252 g/mol. The Morgan fingerprint density at radius 1 is 0.947 bits per heavy atom. The molecule has 0 saturated carbocycles. The second kappa shape index (κ2) is 5.29. The van der Waals surface area contributed by atoms with Gasteiger partial charge >= 0.3 is 0 Å². The lowest BCUT2D eigenvalue weighted by Gasteiger charge is -2.24. The van der Waals surface area contributed by atoms with E-state index in [-0.39, 0.29) is 6.61 Å². The molecular formula is C17H16O2. The van der Waals surface area contributed by atoms with Crippen LogP contribution in [0.2, 0.25) is 0 Å². The summed E-state index contributed by atoms with van der Waals surface area (Å²) in [5.74, 6) is 0.919.